The smallest absolute Gasteiger partial charge is 0.410 e. The van der Waals surface area contributed by atoms with Gasteiger partial charge in [-0.15, -0.1) is 0 Å². The van der Waals surface area contributed by atoms with Crippen LogP contribution in [-0.2, 0) is 9.53 Å². The van der Waals surface area contributed by atoms with Gasteiger partial charge in [-0.2, -0.15) is 0 Å². The van der Waals surface area contributed by atoms with Gasteiger partial charge >= 0.3 is 6.09 Å². The molecular formula is C8H9Cl4NO3. The fraction of sp³-hybridized carbons (Fsp3) is 0.750. The van der Waals surface area contributed by atoms with Crippen molar-refractivity contribution in [2.24, 2.45) is 0 Å². The van der Waals surface area contributed by atoms with Crippen LogP contribution in [-0.4, -0.2) is 39.2 Å². The van der Waals surface area contributed by atoms with E-state index in [1.807, 2.05) is 0 Å². The molecule has 0 aromatic rings. The minimum Gasteiger partial charge on any atom is -0.445 e. The van der Waals surface area contributed by atoms with Crippen molar-refractivity contribution < 1.29 is 14.3 Å². The van der Waals surface area contributed by atoms with Gasteiger partial charge in [0.2, 0.25) is 9.03 Å². The third-order valence-corrected chi connectivity index (χ3v) is 2.69. The first-order valence-corrected chi connectivity index (χ1v) is 6.02. The molecule has 1 heterocycles. The molecule has 0 radical (unpaired) electrons. The molecule has 0 spiro atoms. The molecule has 1 amide bonds. The molecule has 92 valence electrons. The molecule has 0 saturated carbocycles. The van der Waals surface area contributed by atoms with E-state index >= 15 is 0 Å². The molecule has 1 saturated heterocycles. The van der Waals surface area contributed by atoms with Crippen molar-refractivity contribution >= 4 is 57.7 Å². The zero-order valence-electron chi connectivity index (χ0n) is 8.09. The Morgan fingerprint density at radius 2 is 2.00 bits per heavy atom. The van der Waals surface area contributed by atoms with Gasteiger partial charge in [0.1, 0.15) is 12.6 Å². The number of nitrogens with zero attached hydrogens (tertiary/aromatic N) is 1. The summed E-state index contributed by atoms with van der Waals surface area (Å²) in [7, 11) is 0. The highest BCUT2D eigenvalue weighted by atomic mass is 35.6. The Kier molecular flexibility index (Phi) is 4.98. The van der Waals surface area contributed by atoms with Crippen LogP contribution in [0.2, 0.25) is 0 Å². The van der Waals surface area contributed by atoms with Crippen molar-refractivity contribution in [1.29, 1.82) is 0 Å². The predicted molar refractivity (Wildman–Crippen MR) is 62.2 cm³/mol. The second-order valence-corrected chi connectivity index (χ2v) is 6.21. The number of carbonyl (C=O) groups excluding carboxylic acids is 2. The van der Waals surface area contributed by atoms with E-state index in [1.54, 1.807) is 0 Å². The van der Waals surface area contributed by atoms with Gasteiger partial charge in [0.15, 0.2) is 0 Å². The second-order valence-electron chi connectivity index (χ2n) is 3.33. The normalized spacial score (nSPS) is 21.0. The maximum Gasteiger partial charge on any atom is 0.410 e. The predicted octanol–water partition coefficient (Wildman–Crippen LogP) is 2.72. The molecule has 1 rings (SSSR count). The van der Waals surface area contributed by atoms with E-state index < -0.39 is 21.2 Å². The van der Waals surface area contributed by atoms with E-state index in [-0.39, 0.29) is 6.61 Å². The van der Waals surface area contributed by atoms with Crippen LogP contribution in [0.15, 0.2) is 0 Å². The van der Waals surface area contributed by atoms with Crippen LogP contribution >= 0.6 is 46.4 Å². The minimum absolute atomic E-state index is 0.365. The Morgan fingerprint density at radius 3 is 2.50 bits per heavy atom. The van der Waals surface area contributed by atoms with Gasteiger partial charge in [0, 0.05) is 6.54 Å². The molecule has 1 atom stereocenters. The number of likely N-dealkylation sites (tertiary alicyclic amines) is 1. The number of hydrogen-bond donors (Lipinski definition) is 0. The van der Waals surface area contributed by atoms with E-state index in [0.717, 1.165) is 0 Å². The van der Waals surface area contributed by atoms with E-state index in [4.69, 9.17) is 51.1 Å². The Bertz CT molecular complexity index is 291. The molecule has 8 heteroatoms. The first-order valence-electron chi connectivity index (χ1n) is 4.51. The SMILES string of the molecule is O=C(Cl)[C@@H]1CCCN1C(=O)OCC(Cl)(Cl)Cl. The molecule has 0 N–H and O–H groups in total. The Hall–Kier alpha value is 0.1000. The van der Waals surface area contributed by atoms with Gasteiger partial charge in [-0.25, -0.2) is 4.79 Å². The first-order chi connectivity index (χ1) is 7.31. The lowest BCUT2D eigenvalue weighted by molar-refractivity contribution is -0.115. The lowest BCUT2D eigenvalue weighted by Crippen LogP contribution is -2.40. The Balaban J connectivity index is 2.50. The number of alkyl halides is 3. The number of carbonyl (C=O) groups is 2. The topological polar surface area (TPSA) is 46.6 Å². The quantitative estimate of drug-likeness (QED) is 0.582. The summed E-state index contributed by atoms with van der Waals surface area (Å²) in [5.74, 6) is 0. The molecule has 1 aliphatic heterocycles. The van der Waals surface area contributed by atoms with Crippen LogP contribution in [0.1, 0.15) is 12.8 Å². The molecule has 0 unspecified atom stereocenters. The average Bonchev–Trinajstić information content (AvgIpc) is 2.61. The van der Waals surface area contributed by atoms with Crippen LogP contribution in [0, 0.1) is 0 Å². The lowest BCUT2D eigenvalue weighted by Gasteiger charge is -2.22. The number of hydrogen-bond acceptors (Lipinski definition) is 3. The molecule has 0 aromatic carbocycles. The van der Waals surface area contributed by atoms with Crippen molar-refractivity contribution in [3.8, 4) is 0 Å². The van der Waals surface area contributed by atoms with E-state index in [1.165, 1.54) is 4.90 Å². The highest BCUT2D eigenvalue weighted by molar-refractivity contribution is 6.67. The lowest BCUT2D eigenvalue weighted by atomic mass is 10.2. The maximum atomic E-state index is 11.5. The van der Waals surface area contributed by atoms with Crippen LogP contribution in [0.4, 0.5) is 4.79 Å². The van der Waals surface area contributed by atoms with Crippen molar-refractivity contribution in [3.63, 3.8) is 0 Å². The number of rotatable bonds is 2. The summed E-state index contributed by atoms with van der Waals surface area (Å²) in [6, 6.07) is -0.635. The van der Waals surface area contributed by atoms with Gasteiger partial charge in [-0.1, -0.05) is 34.8 Å². The summed E-state index contributed by atoms with van der Waals surface area (Å²) in [5, 5.41) is -0.580. The highest BCUT2D eigenvalue weighted by Gasteiger charge is 2.35. The second kappa shape index (κ2) is 5.63. The molecule has 4 nitrogen and oxygen atoms in total. The van der Waals surface area contributed by atoms with Crippen LogP contribution in [0.3, 0.4) is 0 Å². The zero-order valence-corrected chi connectivity index (χ0v) is 11.1. The Morgan fingerprint density at radius 1 is 1.38 bits per heavy atom. The standard InChI is InChI=1S/C8H9Cl4NO3/c9-6(14)5-2-1-3-13(5)7(15)16-4-8(10,11)12/h5H,1-4H2/t5-/m0/s1. The first kappa shape index (κ1) is 14.2. The fourth-order valence-electron chi connectivity index (χ4n) is 1.45. The van der Waals surface area contributed by atoms with Gasteiger partial charge in [0.25, 0.3) is 0 Å². The van der Waals surface area contributed by atoms with Crippen molar-refractivity contribution in [3.05, 3.63) is 0 Å². The van der Waals surface area contributed by atoms with Crippen LogP contribution in [0.5, 0.6) is 0 Å². The molecule has 0 aromatic heterocycles. The van der Waals surface area contributed by atoms with Gasteiger partial charge in [-0.3, -0.25) is 9.69 Å². The van der Waals surface area contributed by atoms with E-state index in [0.29, 0.717) is 19.4 Å². The average molecular weight is 309 g/mol. The van der Waals surface area contributed by atoms with Crippen molar-refractivity contribution in [2.45, 2.75) is 22.7 Å². The third kappa shape index (κ3) is 4.17. The fourth-order valence-corrected chi connectivity index (χ4v) is 1.84. The molecule has 1 aliphatic rings. The van der Waals surface area contributed by atoms with Gasteiger partial charge < -0.3 is 4.74 Å². The summed E-state index contributed by atoms with van der Waals surface area (Å²) < 4.78 is 3.09. The van der Waals surface area contributed by atoms with Crippen LogP contribution < -0.4 is 0 Å². The summed E-state index contributed by atoms with van der Waals surface area (Å²) in [6.45, 7) is 0.0536. The van der Waals surface area contributed by atoms with Gasteiger partial charge in [0.05, 0.1) is 0 Å². The molecule has 0 bridgehead atoms. The summed E-state index contributed by atoms with van der Waals surface area (Å²) >= 11 is 21.6. The number of halogens is 4. The third-order valence-electron chi connectivity index (χ3n) is 2.11. The van der Waals surface area contributed by atoms with Crippen molar-refractivity contribution in [2.75, 3.05) is 13.2 Å². The maximum absolute atomic E-state index is 11.5. The molecule has 16 heavy (non-hydrogen) atoms. The largest absolute Gasteiger partial charge is 0.445 e. The molecular weight excluding hydrogens is 300 g/mol. The minimum atomic E-state index is -1.66. The molecule has 0 aliphatic carbocycles. The van der Waals surface area contributed by atoms with E-state index in [2.05, 4.69) is 0 Å². The summed E-state index contributed by atoms with van der Waals surface area (Å²) in [4.78, 5) is 23.8. The number of ether oxygens (including phenoxy) is 1. The summed E-state index contributed by atoms with van der Waals surface area (Å²) in [6.07, 6.45) is 0.542. The van der Waals surface area contributed by atoms with Crippen molar-refractivity contribution in [1.82, 2.24) is 4.90 Å². The van der Waals surface area contributed by atoms with Gasteiger partial charge in [-0.05, 0) is 24.4 Å². The highest BCUT2D eigenvalue weighted by Crippen LogP contribution is 2.27. The van der Waals surface area contributed by atoms with Crippen LogP contribution in [0.25, 0.3) is 0 Å². The monoisotopic (exact) mass is 307 g/mol. The number of amides is 1. The zero-order chi connectivity index (χ0) is 12.3. The molecule has 1 fully saturated rings. The Labute approximate surface area is 113 Å². The summed E-state index contributed by atoms with van der Waals surface area (Å²) in [5.41, 5.74) is 0. The van der Waals surface area contributed by atoms with E-state index in [9.17, 15) is 9.59 Å².